The minimum atomic E-state index is -4.64. The normalized spacial score (nSPS) is 17.7. The van der Waals surface area contributed by atoms with Crippen molar-refractivity contribution in [2.45, 2.75) is 25.2 Å². The van der Waals surface area contributed by atoms with Crippen molar-refractivity contribution in [3.8, 4) is 0 Å². The van der Waals surface area contributed by atoms with Crippen LogP contribution in [-0.4, -0.2) is 36.0 Å². The summed E-state index contributed by atoms with van der Waals surface area (Å²) in [6, 6.07) is 11.7. The largest absolute Gasteiger partial charge is 0.463 e. The molecule has 9 heteroatoms. The van der Waals surface area contributed by atoms with E-state index in [0.717, 1.165) is 17.7 Å². The maximum atomic E-state index is 13.0. The molecule has 3 rings (SSSR count). The van der Waals surface area contributed by atoms with Gasteiger partial charge in [-0.05, 0) is 23.8 Å². The number of hydrogen-bond acceptors (Lipinski definition) is 4. The van der Waals surface area contributed by atoms with E-state index < -0.39 is 34.7 Å². The first-order chi connectivity index (χ1) is 13.7. The molecule has 0 aromatic heterocycles. The summed E-state index contributed by atoms with van der Waals surface area (Å²) in [7, 11) is 0. The number of carbonyl (C=O) groups excluding carboxylic acids is 2. The molecule has 29 heavy (non-hydrogen) atoms. The zero-order chi connectivity index (χ0) is 21.0. The molecule has 0 spiro atoms. The fraction of sp³-hybridized carbons (Fsp3) is 0.300. The molecule has 1 aliphatic heterocycles. The Kier molecular flexibility index (Phi) is 6.44. The number of benzene rings is 2. The van der Waals surface area contributed by atoms with Crippen LogP contribution in [0.25, 0.3) is 0 Å². The van der Waals surface area contributed by atoms with Crippen LogP contribution in [0.15, 0.2) is 48.5 Å². The van der Waals surface area contributed by atoms with Crippen molar-refractivity contribution in [2.75, 3.05) is 18.5 Å². The highest BCUT2D eigenvalue weighted by molar-refractivity contribution is 6.31. The smallest absolute Gasteiger partial charge is 0.417 e. The zero-order valence-electron chi connectivity index (χ0n) is 15.2. The number of alkyl halides is 3. The summed E-state index contributed by atoms with van der Waals surface area (Å²) in [6.07, 6.45) is -4.88. The van der Waals surface area contributed by atoms with Gasteiger partial charge in [0, 0.05) is 18.8 Å². The summed E-state index contributed by atoms with van der Waals surface area (Å²) in [4.78, 5) is 26.4. The molecule has 0 radical (unpaired) electrons. The molecule has 2 aromatic rings. The predicted molar refractivity (Wildman–Crippen MR) is 101 cm³/mol. The number of hydrogen-bond donors (Lipinski definition) is 1. The summed E-state index contributed by atoms with van der Waals surface area (Å²) in [5.41, 5.74) is -0.120. The van der Waals surface area contributed by atoms with Crippen molar-refractivity contribution in [3.63, 3.8) is 0 Å². The third-order valence-electron chi connectivity index (χ3n) is 4.50. The minimum absolute atomic E-state index is 0.0505. The van der Waals surface area contributed by atoms with E-state index in [-0.39, 0.29) is 18.7 Å². The summed E-state index contributed by atoms with van der Waals surface area (Å²) in [6.45, 7) is 1.13. The number of amides is 1. The van der Waals surface area contributed by atoms with Crippen molar-refractivity contribution in [1.29, 1.82) is 0 Å². The maximum Gasteiger partial charge on any atom is 0.417 e. The van der Waals surface area contributed by atoms with Crippen molar-refractivity contribution >= 4 is 29.2 Å². The van der Waals surface area contributed by atoms with E-state index in [1.807, 2.05) is 35.2 Å². The van der Waals surface area contributed by atoms with Crippen LogP contribution in [0.3, 0.4) is 0 Å². The van der Waals surface area contributed by atoms with Crippen LogP contribution < -0.4 is 5.32 Å². The third-order valence-corrected chi connectivity index (χ3v) is 4.83. The number of carbonyl (C=O) groups is 2. The van der Waals surface area contributed by atoms with Gasteiger partial charge in [-0.25, -0.2) is 0 Å². The van der Waals surface area contributed by atoms with Gasteiger partial charge in [-0.3, -0.25) is 14.5 Å². The minimum Gasteiger partial charge on any atom is -0.463 e. The van der Waals surface area contributed by atoms with Crippen LogP contribution in [0.1, 0.15) is 17.5 Å². The van der Waals surface area contributed by atoms with Crippen LogP contribution in [0.2, 0.25) is 5.02 Å². The van der Waals surface area contributed by atoms with E-state index >= 15 is 0 Å². The van der Waals surface area contributed by atoms with Gasteiger partial charge >= 0.3 is 12.1 Å². The van der Waals surface area contributed by atoms with E-state index in [4.69, 9.17) is 16.3 Å². The second-order valence-electron chi connectivity index (χ2n) is 6.58. The number of cyclic esters (lactones) is 1. The van der Waals surface area contributed by atoms with Crippen LogP contribution >= 0.6 is 11.6 Å². The van der Waals surface area contributed by atoms with Crippen molar-refractivity contribution < 1.29 is 27.5 Å². The van der Waals surface area contributed by atoms with Gasteiger partial charge in [0.1, 0.15) is 12.6 Å². The Balaban J connectivity index is 1.70. The average Bonchev–Trinajstić information content (AvgIpc) is 2.66. The van der Waals surface area contributed by atoms with E-state index in [9.17, 15) is 22.8 Å². The molecule has 0 bridgehead atoms. The number of nitrogens with one attached hydrogen (secondary N) is 1. The van der Waals surface area contributed by atoms with Gasteiger partial charge in [0.05, 0.1) is 17.0 Å². The number of morpholine rings is 1. The Morgan fingerprint density at radius 1 is 1.21 bits per heavy atom. The second-order valence-corrected chi connectivity index (χ2v) is 6.99. The number of anilines is 1. The highest BCUT2D eigenvalue weighted by Crippen LogP contribution is 2.36. The van der Waals surface area contributed by atoms with E-state index in [1.165, 1.54) is 6.07 Å². The molecule has 1 saturated heterocycles. The molecule has 1 heterocycles. The first kappa shape index (κ1) is 21.1. The summed E-state index contributed by atoms with van der Waals surface area (Å²) in [5.74, 6) is -1.13. The van der Waals surface area contributed by atoms with Gasteiger partial charge < -0.3 is 10.1 Å². The fourth-order valence-corrected chi connectivity index (χ4v) is 3.32. The molecular weight excluding hydrogens is 409 g/mol. The van der Waals surface area contributed by atoms with E-state index in [1.54, 1.807) is 0 Å². The van der Waals surface area contributed by atoms with E-state index in [0.29, 0.717) is 13.1 Å². The Hall–Kier alpha value is -2.58. The average molecular weight is 427 g/mol. The molecule has 5 nitrogen and oxygen atoms in total. The molecule has 0 saturated carbocycles. The van der Waals surface area contributed by atoms with Crippen molar-refractivity contribution in [3.05, 3.63) is 64.7 Å². The topological polar surface area (TPSA) is 58.6 Å². The Bertz CT molecular complexity index is 890. The van der Waals surface area contributed by atoms with Gasteiger partial charge in [-0.1, -0.05) is 41.9 Å². The van der Waals surface area contributed by atoms with Crippen LogP contribution in [0.4, 0.5) is 18.9 Å². The lowest BCUT2D eigenvalue weighted by Crippen LogP contribution is -2.49. The molecule has 2 aromatic carbocycles. The molecule has 1 N–H and O–H groups in total. The summed E-state index contributed by atoms with van der Waals surface area (Å²) < 4.78 is 44.0. The van der Waals surface area contributed by atoms with Gasteiger partial charge in [0.25, 0.3) is 0 Å². The quantitative estimate of drug-likeness (QED) is 0.731. The van der Waals surface area contributed by atoms with E-state index in [2.05, 4.69) is 5.32 Å². The van der Waals surface area contributed by atoms with Gasteiger partial charge in [-0.2, -0.15) is 13.2 Å². The monoisotopic (exact) mass is 426 g/mol. The molecule has 0 unspecified atom stereocenters. The molecule has 0 aliphatic carbocycles. The molecule has 154 valence electrons. The van der Waals surface area contributed by atoms with Crippen LogP contribution in [0, 0.1) is 0 Å². The van der Waals surface area contributed by atoms with Crippen molar-refractivity contribution in [2.24, 2.45) is 0 Å². The first-order valence-electron chi connectivity index (χ1n) is 8.85. The Morgan fingerprint density at radius 3 is 2.62 bits per heavy atom. The van der Waals surface area contributed by atoms with Gasteiger partial charge in [0.2, 0.25) is 5.91 Å². The SMILES string of the molecule is O=C(C[C@@H]1C(=O)OCCN1Cc1ccccc1)Nc1ccc(Cl)c(C(F)(F)F)c1. The zero-order valence-corrected chi connectivity index (χ0v) is 16.0. The number of esters is 1. The van der Waals surface area contributed by atoms with Gasteiger partial charge in [-0.15, -0.1) is 0 Å². The predicted octanol–water partition coefficient (Wildman–Crippen LogP) is 4.12. The van der Waals surface area contributed by atoms with Crippen molar-refractivity contribution in [1.82, 2.24) is 4.90 Å². The van der Waals surface area contributed by atoms with Crippen LogP contribution in [-0.2, 0) is 27.0 Å². The molecule has 1 amide bonds. The lowest BCUT2D eigenvalue weighted by molar-refractivity contribution is -0.159. The molecular formula is C20H18ClF3N2O3. The number of halogens is 4. The first-order valence-corrected chi connectivity index (χ1v) is 9.23. The summed E-state index contributed by atoms with van der Waals surface area (Å²) in [5, 5.41) is 1.94. The lowest BCUT2D eigenvalue weighted by atomic mass is 10.1. The third kappa shape index (κ3) is 5.48. The summed E-state index contributed by atoms with van der Waals surface area (Å²) >= 11 is 5.59. The molecule has 1 fully saturated rings. The lowest BCUT2D eigenvalue weighted by Gasteiger charge is -2.33. The number of nitrogens with zero attached hydrogens (tertiary/aromatic N) is 1. The maximum absolute atomic E-state index is 13.0. The fourth-order valence-electron chi connectivity index (χ4n) is 3.09. The molecule has 1 atom stereocenters. The standard InChI is InChI=1S/C20H18ClF3N2O3/c21-16-7-6-14(10-15(16)20(22,23)24)25-18(27)11-17-19(28)29-9-8-26(17)12-13-4-2-1-3-5-13/h1-7,10,17H,8-9,11-12H2,(H,25,27)/t17-/m1/s1. The highest BCUT2D eigenvalue weighted by Gasteiger charge is 2.35. The van der Waals surface area contributed by atoms with Gasteiger partial charge in [0.15, 0.2) is 0 Å². The second kappa shape index (κ2) is 8.84. The number of rotatable bonds is 5. The van der Waals surface area contributed by atoms with Crippen LogP contribution in [0.5, 0.6) is 0 Å². The highest BCUT2D eigenvalue weighted by atomic mass is 35.5. The number of ether oxygens (including phenoxy) is 1. The Labute approximate surface area is 170 Å². The molecule has 1 aliphatic rings. The Morgan fingerprint density at radius 2 is 1.93 bits per heavy atom.